The van der Waals surface area contributed by atoms with Crippen molar-refractivity contribution < 1.29 is 27.8 Å². The first-order valence-electron chi connectivity index (χ1n) is 11.1. The predicted molar refractivity (Wildman–Crippen MR) is 125 cm³/mol. The summed E-state index contributed by atoms with van der Waals surface area (Å²) in [6, 6.07) is 12.7. The maximum atomic E-state index is 13.8. The smallest absolute Gasteiger partial charge is 0.308 e. The number of hydrogen-bond acceptors (Lipinski definition) is 5. The lowest BCUT2D eigenvalue weighted by atomic mass is 9.87. The van der Waals surface area contributed by atoms with Gasteiger partial charge in [0.05, 0.1) is 16.9 Å². The van der Waals surface area contributed by atoms with Crippen LogP contribution in [0, 0.1) is 24.6 Å². The molecule has 1 fully saturated rings. The quantitative estimate of drug-likeness (QED) is 0.558. The van der Waals surface area contributed by atoms with Gasteiger partial charge in [-0.1, -0.05) is 24.3 Å². The summed E-state index contributed by atoms with van der Waals surface area (Å²) in [5.41, 5.74) is 1.06. The Morgan fingerprint density at radius 3 is 2.51 bits per heavy atom. The molecule has 8 nitrogen and oxygen atoms in total. The molecule has 2 aliphatic rings. The average molecular weight is 499 g/mol. The molecule has 1 saturated heterocycles. The van der Waals surface area contributed by atoms with Gasteiger partial charge in [-0.2, -0.15) is 4.31 Å². The molecule has 2 bridgehead atoms. The molecule has 1 aromatic heterocycles. The van der Waals surface area contributed by atoms with Crippen LogP contribution >= 0.6 is 0 Å². The zero-order valence-electron chi connectivity index (χ0n) is 18.7. The highest BCUT2D eigenvalue weighted by Gasteiger charge is 2.60. The zero-order valence-corrected chi connectivity index (χ0v) is 19.5. The Morgan fingerprint density at radius 2 is 1.86 bits per heavy atom. The molecule has 0 aliphatic carbocycles. The van der Waals surface area contributed by atoms with E-state index < -0.39 is 57.9 Å². The number of aliphatic carboxylic acids is 1. The molecule has 0 radical (unpaired) electrons. The normalized spacial score (nSPS) is 23.7. The van der Waals surface area contributed by atoms with Crippen molar-refractivity contribution in [3.63, 3.8) is 0 Å². The Kier molecular flexibility index (Phi) is 5.62. The van der Waals surface area contributed by atoms with Crippen LogP contribution in [0.3, 0.4) is 0 Å². The highest BCUT2D eigenvalue weighted by atomic mass is 32.2. The predicted octanol–water partition coefficient (Wildman–Crippen LogP) is 2.40. The van der Waals surface area contributed by atoms with Gasteiger partial charge in [0.25, 0.3) is 5.56 Å². The second-order valence-corrected chi connectivity index (χ2v) is 10.8. The summed E-state index contributed by atoms with van der Waals surface area (Å²) in [6.07, 6.45) is 0. The van der Waals surface area contributed by atoms with Crippen molar-refractivity contribution in [3.8, 4) is 11.1 Å². The van der Waals surface area contributed by atoms with Crippen LogP contribution in [-0.2, 0) is 21.4 Å². The first-order chi connectivity index (χ1) is 16.6. The third kappa shape index (κ3) is 3.60. The van der Waals surface area contributed by atoms with Crippen LogP contribution in [0.15, 0.2) is 70.4 Å². The Morgan fingerprint density at radius 1 is 1.11 bits per heavy atom. The molecular formula is C25H23FN2O6S. The van der Waals surface area contributed by atoms with E-state index in [0.29, 0.717) is 5.56 Å². The largest absolute Gasteiger partial charge is 0.481 e. The van der Waals surface area contributed by atoms with E-state index in [9.17, 15) is 32.6 Å². The summed E-state index contributed by atoms with van der Waals surface area (Å²) < 4.78 is 43.9. The molecule has 2 aliphatic heterocycles. The SMILES string of the molecule is Cc1cccc(S(=O)(=O)N2[C@@H]3Cn4c(ccc(-c5cccc(F)c5)c4=O)[C@H]2[C@@H](C(=O)O)[C@@H]3CO)c1. The number of aliphatic hydroxyl groups excluding tert-OH is 1. The van der Waals surface area contributed by atoms with Gasteiger partial charge >= 0.3 is 5.97 Å². The minimum Gasteiger partial charge on any atom is -0.481 e. The van der Waals surface area contributed by atoms with E-state index in [1.54, 1.807) is 25.1 Å². The molecule has 2 aromatic carbocycles. The van der Waals surface area contributed by atoms with Gasteiger partial charge in [0, 0.05) is 36.4 Å². The molecular weight excluding hydrogens is 475 g/mol. The van der Waals surface area contributed by atoms with Crippen LogP contribution in [0.1, 0.15) is 17.3 Å². The highest BCUT2D eigenvalue weighted by Crippen LogP contribution is 2.51. The first kappa shape index (κ1) is 23.4. The van der Waals surface area contributed by atoms with Gasteiger partial charge in [0.1, 0.15) is 5.82 Å². The first-order valence-corrected chi connectivity index (χ1v) is 12.5. The second kappa shape index (κ2) is 8.40. The number of hydrogen-bond donors (Lipinski definition) is 2. The Hall–Kier alpha value is -3.34. The number of nitrogens with zero attached hydrogens (tertiary/aromatic N) is 2. The fraction of sp³-hybridized carbons (Fsp3) is 0.280. The van der Waals surface area contributed by atoms with Crippen molar-refractivity contribution in [1.29, 1.82) is 0 Å². The van der Waals surface area contributed by atoms with E-state index in [1.807, 2.05) is 0 Å². The van der Waals surface area contributed by atoms with E-state index >= 15 is 0 Å². The van der Waals surface area contributed by atoms with Crippen LogP contribution in [0.25, 0.3) is 11.1 Å². The summed E-state index contributed by atoms with van der Waals surface area (Å²) in [4.78, 5) is 25.8. The fourth-order valence-corrected chi connectivity index (χ4v) is 7.38. The van der Waals surface area contributed by atoms with E-state index in [-0.39, 0.29) is 22.7 Å². The maximum Gasteiger partial charge on any atom is 0.308 e. The molecule has 3 aromatic rings. The van der Waals surface area contributed by atoms with Crippen molar-refractivity contribution in [2.75, 3.05) is 6.61 Å². The van der Waals surface area contributed by atoms with Crippen molar-refractivity contribution in [3.05, 3.63) is 88.1 Å². The minimum atomic E-state index is -4.16. The monoisotopic (exact) mass is 498 g/mol. The van der Waals surface area contributed by atoms with Crippen molar-refractivity contribution in [2.45, 2.75) is 30.4 Å². The van der Waals surface area contributed by atoms with Gasteiger partial charge in [0.2, 0.25) is 10.0 Å². The van der Waals surface area contributed by atoms with E-state index in [2.05, 4.69) is 0 Å². The Bertz CT molecular complexity index is 1500. The van der Waals surface area contributed by atoms with Gasteiger partial charge in [-0.05, 0) is 54.4 Å². The number of carbonyl (C=O) groups is 1. The summed E-state index contributed by atoms with van der Waals surface area (Å²) >= 11 is 0. The average Bonchev–Trinajstić information content (AvgIpc) is 3.07. The van der Waals surface area contributed by atoms with Gasteiger partial charge in [-0.15, -0.1) is 0 Å². The van der Waals surface area contributed by atoms with E-state index in [1.165, 1.54) is 47.0 Å². The number of halogens is 1. The summed E-state index contributed by atoms with van der Waals surface area (Å²) in [7, 11) is -4.16. The second-order valence-electron chi connectivity index (χ2n) is 8.97. The van der Waals surface area contributed by atoms with Crippen molar-refractivity contribution in [1.82, 2.24) is 8.87 Å². The topological polar surface area (TPSA) is 117 Å². The van der Waals surface area contributed by atoms with Crippen LogP contribution in [0.4, 0.5) is 4.39 Å². The number of sulfonamides is 1. The summed E-state index contributed by atoms with van der Waals surface area (Å²) in [6.45, 7) is 1.06. The molecule has 2 N–H and O–H groups in total. The Labute approximate surface area is 200 Å². The fourth-order valence-electron chi connectivity index (χ4n) is 5.44. The number of carboxylic acid groups (broad SMARTS) is 1. The number of carboxylic acids is 1. The third-order valence-electron chi connectivity index (χ3n) is 6.97. The van der Waals surface area contributed by atoms with Crippen LogP contribution in [0.5, 0.6) is 0 Å². The lowest BCUT2D eigenvalue weighted by Gasteiger charge is -2.37. The van der Waals surface area contributed by atoms with Gasteiger partial charge in [0.15, 0.2) is 0 Å². The van der Waals surface area contributed by atoms with Crippen LogP contribution in [0.2, 0.25) is 0 Å². The number of pyridine rings is 1. The van der Waals surface area contributed by atoms with Crippen LogP contribution < -0.4 is 5.56 Å². The third-order valence-corrected chi connectivity index (χ3v) is 8.88. The molecule has 182 valence electrons. The maximum absolute atomic E-state index is 13.8. The number of fused-ring (bicyclic) bond motifs is 4. The lowest BCUT2D eigenvalue weighted by Crippen LogP contribution is -2.49. The number of aliphatic hydroxyl groups is 1. The van der Waals surface area contributed by atoms with Crippen molar-refractivity contribution in [2.24, 2.45) is 11.8 Å². The molecule has 0 saturated carbocycles. The molecule has 10 heteroatoms. The highest BCUT2D eigenvalue weighted by molar-refractivity contribution is 7.89. The summed E-state index contributed by atoms with van der Waals surface area (Å²) in [5, 5.41) is 20.2. The van der Waals surface area contributed by atoms with Gasteiger partial charge < -0.3 is 14.8 Å². The van der Waals surface area contributed by atoms with Gasteiger partial charge in [-0.3, -0.25) is 9.59 Å². The molecule has 4 atom stereocenters. The molecule has 3 heterocycles. The number of benzene rings is 2. The van der Waals surface area contributed by atoms with E-state index in [4.69, 9.17) is 0 Å². The Balaban J connectivity index is 1.71. The standard InChI is InChI=1S/C25H23FN2O6S/c1-14-4-2-7-17(10-14)35(33,34)28-21-12-27-20(23(28)22(25(31)32)19(21)13-29)9-8-18(24(27)30)15-5-3-6-16(26)11-15/h2-11,19,21-23,29H,12-13H2,1H3,(H,31,32)/t19-,21-,22+,23+/m1/s1. The van der Waals surface area contributed by atoms with Crippen molar-refractivity contribution >= 4 is 16.0 Å². The molecule has 35 heavy (non-hydrogen) atoms. The van der Waals surface area contributed by atoms with E-state index in [0.717, 1.165) is 9.87 Å². The van der Waals surface area contributed by atoms with Gasteiger partial charge in [-0.25, -0.2) is 12.8 Å². The number of rotatable bonds is 5. The summed E-state index contributed by atoms with van der Waals surface area (Å²) in [5.74, 6) is -3.94. The number of aromatic nitrogens is 1. The lowest BCUT2D eigenvalue weighted by molar-refractivity contribution is -0.144. The molecule has 0 spiro atoms. The molecule has 5 rings (SSSR count). The minimum absolute atomic E-state index is 0.0161. The number of aryl methyl sites for hydroxylation is 1. The molecule has 0 amide bonds. The molecule has 0 unspecified atom stereocenters. The zero-order chi connectivity index (χ0) is 25.1. The van der Waals surface area contributed by atoms with Crippen LogP contribution in [-0.4, -0.2) is 46.1 Å².